The molecule has 2 fully saturated rings. The third-order valence-corrected chi connectivity index (χ3v) is 4.92. The van der Waals surface area contributed by atoms with Crippen molar-refractivity contribution in [3.63, 3.8) is 0 Å². The molecule has 2 amide bonds. The van der Waals surface area contributed by atoms with Gasteiger partial charge in [0.25, 0.3) is 0 Å². The van der Waals surface area contributed by atoms with Crippen LogP contribution in [-0.2, 0) is 6.42 Å². The zero-order chi connectivity index (χ0) is 13.2. The highest BCUT2D eigenvalue weighted by Gasteiger charge is 2.42. The predicted molar refractivity (Wildman–Crippen MR) is 78.4 cm³/mol. The van der Waals surface area contributed by atoms with Gasteiger partial charge in [0.1, 0.15) is 0 Å². The largest absolute Gasteiger partial charge is 0.335 e. The molecule has 1 heterocycles. The Kier molecular flexibility index (Phi) is 3.78. The first-order chi connectivity index (χ1) is 9.22. The average Bonchev–Trinajstić information content (AvgIpc) is 3.28. The van der Waals surface area contributed by atoms with Gasteiger partial charge in [-0.15, -0.1) is 11.3 Å². The minimum atomic E-state index is 0.0212. The lowest BCUT2D eigenvalue weighted by atomic mass is 10.1. The molecule has 2 aliphatic rings. The third kappa shape index (κ3) is 3.72. The number of urea groups is 1. The Balaban J connectivity index is 1.44. The monoisotopic (exact) mass is 278 g/mol. The van der Waals surface area contributed by atoms with Crippen LogP contribution in [0, 0.1) is 11.8 Å². The highest BCUT2D eigenvalue weighted by Crippen LogP contribution is 2.44. The van der Waals surface area contributed by atoms with Crippen LogP contribution >= 0.6 is 11.3 Å². The van der Waals surface area contributed by atoms with E-state index in [0.717, 1.165) is 18.3 Å². The first-order valence-electron chi connectivity index (χ1n) is 7.32. The van der Waals surface area contributed by atoms with Gasteiger partial charge in [0.2, 0.25) is 0 Å². The maximum absolute atomic E-state index is 12.0. The van der Waals surface area contributed by atoms with Gasteiger partial charge in [0, 0.05) is 23.4 Å². The molecule has 0 spiro atoms. The number of thiophene rings is 1. The lowest BCUT2D eigenvalue weighted by Gasteiger charge is -2.20. The lowest BCUT2D eigenvalue weighted by molar-refractivity contribution is 0.230. The molecule has 3 rings (SSSR count). The molecule has 2 N–H and O–H groups in total. The van der Waals surface area contributed by atoms with Gasteiger partial charge in [-0.1, -0.05) is 6.07 Å². The van der Waals surface area contributed by atoms with Crippen LogP contribution in [0.2, 0.25) is 0 Å². The van der Waals surface area contributed by atoms with Crippen molar-refractivity contribution in [1.82, 2.24) is 10.6 Å². The summed E-state index contributed by atoms with van der Waals surface area (Å²) in [6, 6.07) is 4.83. The number of hydrogen-bond donors (Lipinski definition) is 2. The van der Waals surface area contributed by atoms with Crippen molar-refractivity contribution in [3.05, 3.63) is 22.4 Å². The van der Waals surface area contributed by atoms with Gasteiger partial charge in [-0.05, 0) is 55.9 Å². The summed E-state index contributed by atoms with van der Waals surface area (Å²) < 4.78 is 0. The number of amides is 2. The number of rotatable bonds is 6. The quantitative estimate of drug-likeness (QED) is 0.824. The summed E-state index contributed by atoms with van der Waals surface area (Å²) in [6.07, 6.45) is 6.11. The minimum Gasteiger partial charge on any atom is -0.335 e. The standard InChI is InChI=1S/C15H22N2OS/c1-10(9-13-3-2-8-19-13)16-15(18)17-14(11-4-5-11)12-6-7-12/h2-3,8,10-12,14H,4-7,9H2,1H3,(H2,16,17,18). The van der Waals surface area contributed by atoms with E-state index in [1.54, 1.807) is 11.3 Å². The maximum atomic E-state index is 12.0. The second-order valence-electron chi connectivity index (χ2n) is 6.00. The Morgan fingerprint density at radius 1 is 1.32 bits per heavy atom. The van der Waals surface area contributed by atoms with Crippen molar-refractivity contribution in [2.45, 2.75) is 51.1 Å². The van der Waals surface area contributed by atoms with Crippen LogP contribution < -0.4 is 10.6 Å². The fourth-order valence-corrected chi connectivity index (χ4v) is 3.56. The van der Waals surface area contributed by atoms with E-state index in [0.29, 0.717) is 6.04 Å². The maximum Gasteiger partial charge on any atom is 0.315 e. The molecule has 104 valence electrons. The van der Waals surface area contributed by atoms with Crippen molar-refractivity contribution in [3.8, 4) is 0 Å². The van der Waals surface area contributed by atoms with Crippen LogP contribution in [-0.4, -0.2) is 18.1 Å². The van der Waals surface area contributed by atoms with E-state index in [9.17, 15) is 4.79 Å². The van der Waals surface area contributed by atoms with Gasteiger partial charge in [0.05, 0.1) is 0 Å². The molecular weight excluding hydrogens is 256 g/mol. The Hall–Kier alpha value is -1.03. The molecule has 3 nitrogen and oxygen atoms in total. The molecule has 1 aromatic rings. The van der Waals surface area contributed by atoms with Crippen molar-refractivity contribution in [2.75, 3.05) is 0 Å². The summed E-state index contributed by atoms with van der Waals surface area (Å²) in [4.78, 5) is 13.4. The van der Waals surface area contributed by atoms with Crippen LogP contribution in [0.25, 0.3) is 0 Å². The molecule has 2 saturated carbocycles. The van der Waals surface area contributed by atoms with Crippen molar-refractivity contribution >= 4 is 17.4 Å². The SMILES string of the molecule is CC(Cc1cccs1)NC(=O)NC(C1CC1)C1CC1. The van der Waals surface area contributed by atoms with E-state index < -0.39 is 0 Å². The molecule has 4 heteroatoms. The second kappa shape index (κ2) is 5.53. The Bertz CT molecular complexity index is 411. The molecule has 1 unspecified atom stereocenters. The smallest absolute Gasteiger partial charge is 0.315 e. The van der Waals surface area contributed by atoms with Crippen molar-refractivity contribution in [1.29, 1.82) is 0 Å². The zero-order valence-corrected chi connectivity index (χ0v) is 12.2. The van der Waals surface area contributed by atoms with Gasteiger partial charge < -0.3 is 10.6 Å². The van der Waals surface area contributed by atoms with E-state index in [-0.39, 0.29) is 12.1 Å². The van der Waals surface area contributed by atoms with Crippen LogP contribution in [0.5, 0.6) is 0 Å². The summed E-state index contributed by atoms with van der Waals surface area (Å²) in [5.74, 6) is 1.51. The molecule has 0 radical (unpaired) electrons. The second-order valence-corrected chi connectivity index (χ2v) is 7.04. The van der Waals surface area contributed by atoms with Gasteiger partial charge in [-0.3, -0.25) is 0 Å². The molecule has 1 atom stereocenters. The summed E-state index contributed by atoms with van der Waals surface area (Å²) in [6.45, 7) is 2.07. The molecule has 0 saturated heterocycles. The summed E-state index contributed by atoms with van der Waals surface area (Å²) in [7, 11) is 0. The number of nitrogens with one attached hydrogen (secondary N) is 2. The third-order valence-electron chi connectivity index (χ3n) is 4.02. The first-order valence-corrected chi connectivity index (χ1v) is 8.20. The lowest BCUT2D eigenvalue weighted by Crippen LogP contribution is -2.47. The van der Waals surface area contributed by atoms with Crippen LogP contribution in [0.1, 0.15) is 37.5 Å². The fourth-order valence-electron chi connectivity index (χ4n) is 2.73. The predicted octanol–water partition coefficient (Wildman–Crippen LogP) is 3.17. The highest BCUT2D eigenvalue weighted by molar-refractivity contribution is 7.09. The number of carbonyl (C=O) groups excluding carboxylic acids is 1. The molecule has 1 aromatic heterocycles. The molecule has 2 aliphatic carbocycles. The van der Waals surface area contributed by atoms with Gasteiger partial charge in [-0.25, -0.2) is 4.79 Å². The van der Waals surface area contributed by atoms with E-state index in [1.807, 2.05) is 0 Å². The molecule has 0 aliphatic heterocycles. The Morgan fingerprint density at radius 3 is 2.53 bits per heavy atom. The molecule has 0 aromatic carbocycles. The minimum absolute atomic E-state index is 0.0212. The topological polar surface area (TPSA) is 41.1 Å². The van der Waals surface area contributed by atoms with Crippen LogP contribution in [0.4, 0.5) is 4.79 Å². The van der Waals surface area contributed by atoms with E-state index in [4.69, 9.17) is 0 Å². The highest BCUT2D eigenvalue weighted by atomic mass is 32.1. The van der Waals surface area contributed by atoms with E-state index >= 15 is 0 Å². The fraction of sp³-hybridized carbons (Fsp3) is 0.667. The summed E-state index contributed by atoms with van der Waals surface area (Å²) in [5.41, 5.74) is 0. The van der Waals surface area contributed by atoms with Crippen molar-refractivity contribution < 1.29 is 4.79 Å². The molecular formula is C15H22N2OS. The zero-order valence-electron chi connectivity index (χ0n) is 11.4. The number of carbonyl (C=O) groups is 1. The van der Waals surface area contributed by atoms with Crippen LogP contribution in [0.3, 0.4) is 0 Å². The Labute approximate surface area is 118 Å². The Morgan fingerprint density at radius 2 is 2.00 bits per heavy atom. The van der Waals surface area contributed by atoms with Crippen molar-refractivity contribution in [2.24, 2.45) is 11.8 Å². The van der Waals surface area contributed by atoms with Gasteiger partial charge in [-0.2, -0.15) is 0 Å². The van der Waals surface area contributed by atoms with E-state index in [1.165, 1.54) is 30.6 Å². The number of hydrogen-bond acceptors (Lipinski definition) is 2. The normalized spacial score (nSPS) is 20.3. The van der Waals surface area contributed by atoms with Gasteiger partial charge in [0.15, 0.2) is 0 Å². The summed E-state index contributed by atoms with van der Waals surface area (Å²) in [5, 5.41) is 8.36. The first kappa shape index (κ1) is 13.0. The molecule has 0 bridgehead atoms. The molecule has 19 heavy (non-hydrogen) atoms. The van der Waals surface area contributed by atoms with Crippen LogP contribution in [0.15, 0.2) is 17.5 Å². The van der Waals surface area contributed by atoms with Gasteiger partial charge >= 0.3 is 6.03 Å². The van der Waals surface area contributed by atoms with E-state index in [2.05, 4.69) is 35.1 Å². The average molecular weight is 278 g/mol. The summed E-state index contributed by atoms with van der Waals surface area (Å²) >= 11 is 1.75.